The van der Waals surface area contributed by atoms with Crippen LogP contribution in [0.5, 0.6) is 0 Å². The van der Waals surface area contributed by atoms with Crippen molar-refractivity contribution in [3.8, 4) is 0 Å². The van der Waals surface area contributed by atoms with E-state index in [1.165, 1.54) is 0 Å². The van der Waals surface area contributed by atoms with Crippen LogP contribution in [0.15, 0.2) is 18.2 Å². The fourth-order valence-corrected chi connectivity index (χ4v) is 2.41. The molecule has 0 aliphatic carbocycles. The average molecular weight is 231 g/mol. The standard InChI is InChI=1S/C14H17NO2/c1-4-8-15-10(3)9(2)13-11(14(16)17)6-5-7-12(13)15/h5-7H,4,8H2,1-3H3,(H,16,17). The van der Waals surface area contributed by atoms with Gasteiger partial charge < -0.3 is 9.67 Å². The molecule has 0 saturated carbocycles. The van der Waals surface area contributed by atoms with E-state index in [0.29, 0.717) is 5.56 Å². The summed E-state index contributed by atoms with van der Waals surface area (Å²) in [5.41, 5.74) is 3.67. The number of carbonyl (C=O) groups is 1. The van der Waals surface area contributed by atoms with Crippen molar-refractivity contribution < 1.29 is 9.90 Å². The van der Waals surface area contributed by atoms with Crippen LogP contribution >= 0.6 is 0 Å². The number of aromatic nitrogens is 1. The largest absolute Gasteiger partial charge is 0.478 e. The van der Waals surface area contributed by atoms with Gasteiger partial charge in [-0.2, -0.15) is 0 Å². The second-order valence-electron chi connectivity index (χ2n) is 4.37. The minimum atomic E-state index is -0.854. The van der Waals surface area contributed by atoms with Crippen LogP contribution in [0.2, 0.25) is 0 Å². The Bertz CT molecular complexity index is 581. The van der Waals surface area contributed by atoms with Crippen molar-refractivity contribution in [2.75, 3.05) is 0 Å². The van der Waals surface area contributed by atoms with E-state index in [9.17, 15) is 9.90 Å². The average Bonchev–Trinajstić information content (AvgIpc) is 2.55. The molecule has 0 radical (unpaired) electrons. The Kier molecular flexibility index (Phi) is 2.92. The molecule has 0 unspecified atom stereocenters. The van der Waals surface area contributed by atoms with Gasteiger partial charge in [-0.1, -0.05) is 13.0 Å². The zero-order valence-electron chi connectivity index (χ0n) is 10.4. The van der Waals surface area contributed by atoms with Gasteiger partial charge in [0.15, 0.2) is 0 Å². The highest BCUT2D eigenvalue weighted by Gasteiger charge is 2.16. The summed E-state index contributed by atoms with van der Waals surface area (Å²) in [5, 5.41) is 10.1. The van der Waals surface area contributed by atoms with Crippen LogP contribution in [0.1, 0.15) is 35.0 Å². The van der Waals surface area contributed by atoms with E-state index in [2.05, 4.69) is 18.4 Å². The van der Waals surface area contributed by atoms with E-state index in [4.69, 9.17) is 0 Å². The fourth-order valence-electron chi connectivity index (χ4n) is 2.41. The van der Waals surface area contributed by atoms with Gasteiger partial charge in [0.2, 0.25) is 0 Å². The second kappa shape index (κ2) is 4.24. The molecule has 0 atom stereocenters. The number of hydrogen-bond donors (Lipinski definition) is 1. The molecule has 0 aliphatic rings. The minimum absolute atomic E-state index is 0.401. The molecule has 1 heterocycles. The van der Waals surface area contributed by atoms with Crippen LogP contribution in [0.3, 0.4) is 0 Å². The van der Waals surface area contributed by atoms with Gasteiger partial charge in [0.05, 0.1) is 5.56 Å². The number of nitrogens with zero attached hydrogens (tertiary/aromatic N) is 1. The number of carboxylic acids is 1. The summed E-state index contributed by atoms with van der Waals surface area (Å²) in [6, 6.07) is 5.49. The number of rotatable bonds is 3. The molecule has 3 heteroatoms. The maximum atomic E-state index is 11.2. The highest BCUT2D eigenvalue weighted by molar-refractivity contribution is 6.05. The molecule has 2 aromatic rings. The minimum Gasteiger partial charge on any atom is -0.478 e. The van der Waals surface area contributed by atoms with Crippen molar-refractivity contribution in [1.82, 2.24) is 4.57 Å². The predicted octanol–water partition coefficient (Wildman–Crippen LogP) is 3.37. The molecule has 0 aliphatic heterocycles. The number of carboxylic acid groups (broad SMARTS) is 1. The molecule has 1 aromatic carbocycles. The molecule has 90 valence electrons. The third kappa shape index (κ3) is 1.71. The lowest BCUT2D eigenvalue weighted by Crippen LogP contribution is -1.99. The van der Waals surface area contributed by atoms with E-state index in [0.717, 1.165) is 35.1 Å². The Balaban J connectivity index is 2.84. The van der Waals surface area contributed by atoms with E-state index >= 15 is 0 Å². The maximum absolute atomic E-state index is 11.2. The smallest absolute Gasteiger partial charge is 0.336 e. The van der Waals surface area contributed by atoms with Crippen LogP contribution < -0.4 is 0 Å². The lowest BCUT2D eigenvalue weighted by atomic mass is 10.1. The summed E-state index contributed by atoms with van der Waals surface area (Å²) in [4.78, 5) is 11.2. The molecule has 0 amide bonds. The molecule has 17 heavy (non-hydrogen) atoms. The van der Waals surface area contributed by atoms with E-state index in [-0.39, 0.29) is 0 Å². The number of aromatic carboxylic acids is 1. The highest BCUT2D eigenvalue weighted by Crippen LogP contribution is 2.28. The first-order chi connectivity index (χ1) is 8.07. The number of aryl methyl sites for hydroxylation is 2. The lowest BCUT2D eigenvalue weighted by Gasteiger charge is -2.06. The highest BCUT2D eigenvalue weighted by atomic mass is 16.4. The maximum Gasteiger partial charge on any atom is 0.336 e. The summed E-state index contributed by atoms with van der Waals surface area (Å²) >= 11 is 0. The van der Waals surface area contributed by atoms with Gasteiger partial charge in [-0.25, -0.2) is 4.79 Å². The Morgan fingerprint density at radius 3 is 2.65 bits per heavy atom. The van der Waals surface area contributed by atoms with Crippen molar-refractivity contribution >= 4 is 16.9 Å². The van der Waals surface area contributed by atoms with Crippen molar-refractivity contribution in [2.24, 2.45) is 0 Å². The first-order valence-electron chi connectivity index (χ1n) is 5.89. The van der Waals surface area contributed by atoms with E-state index < -0.39 is 5.97 Å². The van der Waals surface area contributed by atoms with Gasteiger partial charge in [0, 0.05) is 23.1 Å². The second-order valence-corrected chi connectivity index (χ2v) is 4.37. The molecule has 2 rings (SSSR count). The molecule has 0 saturated heterocycles. The molecule has 3 nitrogen and oxygen atoms in total. The topological polar surface area (TPSA) is 42.2 Å². The van der Waals surface area contributed by atoms with Gasteiger partial charge in [-0.3, -0.25) is 0 Å². The SMILES string of the molecule is CCCn1c(C)c(C)c2c(C(=O)O)cccc21. The molecule has 0 bridgehead atoms. The zero-order chi connectivity index (χ0) is 12.6. The quantitative estimate of drug-likeness (QED) is 0.880. The summed E-state index contributed by atoms with van der Waals surface area (Å²) in [6.45, 7) is 7.10. The Labute approximate surface area is 101 Å². The van der Waals surface area contributed by atoms with Gasteiger partial charge in [0.25, 0.3) is 0 Å². The monoisotopic (exact) mass is 231 g/mol. The molecule has 1 aromatic heterocycles. The fraction of sp³-hybridized carbons (Fsp3) is 0.357. The van der Waals surface area contributed by atoms with Gasteiger partial charge in [-0.15, -0.1) is 0 Å². The Morgan fingerprint density at radius 1 is 1.35 bits per heavy atom. The summed E-state index contributed by atoms with van der Waals surface area (Å²) in [5.74, 6) is -0.854. The lowest BCUT2D eigenvalue weighted by molar-refractivity contribution is 0.0699. The molecule has 1 N–H and O–H groups in total. The summed E-state index contributed by atoms with van der Waals surface area (Å²) in [7, 11) is 0. The van der Waals surface area contributed by atoms with Gasteiger partial charge in [0.1, 0.15) is 0 Å². The van der Waals surface area contributed by atoms with Crippen LogP contribution in [0.4, 0.5) is 0 Å². The van der Waals surface area contributed by atoms with Crippen molar-refractivity contribution in [2.45, 2.75) is 33.7 Å². The van der Waals surface area contributed by atoms with Crippen LogP contribution in [0.25, 0.3) is 10.9 Å². The van der Waals surface area contributed by atoms with Gasteiger partial charge >= 0.3 is 5.97 Å². The first-order valence-corrected chi connectivity index (χ1v) is 5.89. The molecule has 0 spiro atoms. The van der Waals surface area contributed by atoms with E-state index in [1.54, 1.807) is 6.07 Å². The molecular formula is C14H17NO2. The van der Waals surface area contributed by atoms with Crippen molar-refractivity contribution in [3.63, 3.8) is 0 Å². The first kappa shape index (κ1) is 11.7. The van der Waals surface area contributed by atoms with Crippen LogP contribution in [-0.2, 0) is 6.54 Å². The summed E-state index contributed by atoms with van der Waals surface area (Å²) in [6.07, 6.45) is 1.04. The zero-order valence-corrected chi connectivity index (χ0v) is 10.4. The Morgan fingerprint density at radius 2 is 2.06 bits per heavy atom. The normalized spacial score (nSPS) is 11.0. The van der Waals surface area contributed by atoms with Crippen molar-refractivity contribution in [3.05, 3.63) is 35.0 Å². The van der Waals surface area contributed by atoms with Gasteiger partial charge in [-0.05, 0) is 38.0 Å². The van der Waals surface area contributed by atoms with Crippen LogP contribution in [-0.4, -0.2) is 15.6 Å². The number of benzene rings is 1. The summed E-state index contributed by atoms with van der Waals surface area (Å²) < 4.78 is 2.21. The van der Waals surface area contributed by atoms with Crippen molar-refractivity contribution in [1.29, 1.82) is 0 Å². The van der Waals surface area contributed by atoms with E-state index in [1.807, 2.05) is 19.1 Å². The molecular weight excluding hydrogens is 214 g/mol. The third-order valence-electron chi connectivity index (χ3n) is 3.33. The number of fused-ring (bicyclic) bond motifs is 1. The van der Waals surface area contributed by atoms with Crippen LogP contribution in [0, 0.1) is 13.8 Å². The predicted molar refractivity (Wildman–Crippen MR) is 68.7 cm³/mol. The Hall–Kier alpha value is -1.77. The third-order valence-corrected chi connectivity index (χ3v) is 3.33. The number of hydrogen-bond acceptors (Lipinski definition) is 1. The molecule has 0 fully saturated rings.